The van der Waals surface area contributed by atoms with Gasteiger partial charge in [0, 0.05) is 0 Å². The van der Waals surface area contributed by atoms with E-state index in [1.54, 1.807) is 27.0 Å². The van der Waals surface area contributed by atoms with Gasteiger partial charge in [-0.2, -0.15) is 0 Å². The lowest BCUT2D eigenvalue weighted by Gasteiger charge is -2.16. The molecule has 0 aliphatic rings. The largest absolute Gasteiger partial charge is 0.493 e. The van der Waals surface area contributed by atoms with Gasteiger partial charge in [0.2, 0.25) is 0 Å². The molecule has 0 heterocycles. The standard InChI is InChI=1S/C15H20O4/c1-5-7-12-8-9-13(14(10-12)17-4)19-11(3)15(16)18-6-2/h5,7-11H,6H2,1-4H3/b7-5+. The van der Waals surface area contributed by atoms with E-state index in [2.05, 4.69) is 0 Å². The summed E-state index contributed by atoms with van der Waals surface area (Å²) in [4.78, 5) is 11.5. The van der Waals surface area contributed by atoms with Crippen LogP contribution in [0.1, 0.15) is 26.3 Å². The molecule has 0 saturated heterocycles. The highest BCUT2D eigenvalue weighted by Gasteiger charge is 2.17. The first-order valence-electron chi connectivity index (χ1n) is 6.26. The van der Waals surface area contributed by atoms with Crippen molar-refractivity contribution in [3.8, 4) is 11.5 Å². The molecule has 1 atom stereocenters. The Kier molecular flexibility index (Phi) is 5.93. The fraction of sp³-hybridized carbons (Fsp3) is 0.400. The number of methoxy groups -OCH3 is 1. The van der Waals surface area contributed by atoms with Crippen LogP contribution in [0.2, 0.25) is 0 Å². The highest BCUT2D eigenvalue weighted by Crippen LogP contribution is 2.29. The number of benzene rings is 1. The molecule has 104 valence electrons. The number of esters is 1. The van der Waals surface area contributed by atoms with Crippen molar-refractivity contribution in [2.75, 3.05) is 13.7 Å². The molecule has 0 bridgehead atoms. The molecule has 1 aromatic carbocycles. The minimum absolute atomic E-state index is 0.337. The van der Waals surface area contributed by atoms with Gasteiger partial charge in [-0.25, -0.2) is 4.79 Å². The second kappa shape index (κ2) is 7.46. The van der Waals surface area contributed by atoms with Gasteiger partial charge in [-0.05, 0) is 38.5 Å². The van der Waals surface area contributed by atoms with E-state index in [4.69, 9.17) is 14.2 Å². The summed E-state index contributed by atoms with van der Waals surface area (Å²) >= 11 is 0. The fourth-order valence-corrected chi connectivity index (χ4v) is 1.58. The van der Waals surface area contributed by atoms with Crippen LogP contribution in [-0.2, 0) is 9.53 Å². The van der Waals surface area contributed by atoms with E-state index in [9.17, 15) is 4.79 Å². The summed E-state index contributed by atoms with van der Waals surface area (Å²) in [7, 11) is 1.57. The second-order valence-corrected chi connectivity index (χ2v) is 3.92. The highest BCUT2D eigenvalue weighted by molar-refractivity contribution is 5.74. The molecule has 0 fully saturated rings. The number of hydrogen-bond acceptors (Lipinski definition) is 4. The lowest BCUT2D eigenvalue weighted by Crippen LogP contribution is -2.26. The number of hydrogen-bond donors (Lipinski definition) is 0. The highest BCUT2D eigenvalue weighted by atomic mass is 16.6. The van der Waals surface area contributed by atoms with Crippen LogP contribution < -0.4 is 9.47 Å². The molecule has 0 aromatic heterocycles. The Balaban J connectivity index is 2.85. The first kappa shape index (κ1) is 15.1. The molecule has 0 spiro atoms. The summed E-state index contributed by atoms with van der Waals surface area (Å²) < 4.78 is 15.7. The van der Waals surface area contributed by atoms with Crippen LogP contribution >= 0.6 is 0 Å². The Morgan fingerprint density at radius 2 is 2.11 bits per heavy atom. The molecule has 0 radical (unpaired) electrons. The maximum Gasteiger partial charge on any atom is 0.347 e. The first-order chi connectivity index (χ1) is 9.12. The molecule has 4 nitrogen and oxygen atoms in total. The van der Waals surface area contributed by atoms with Crippen molar-refractivity contribution >= 4 is 12.0 Å². The Morgan fingerprint density at radius 1 is 1.37 bits per heavy atom. The second-order valence-electron chi connectivity index (χ2n) is 3.92. The zero-order valence-electron chi connectivity index (χ0n) is 11.8. The number of ether oxygens (including phenoxy) is 3. The average Bonchev–Trinajstić information content (AvgIpc) is 2.41. The fourth-order valence-electron chi connectivity index (χ4n) is 1.58. The van der Waals surface area contributed by atoms with Crippen molar-refractivity contribution in [1.82, 2.24) is 0 Å². The zero-order valence-corrected chi connectivity index (χ0v) is 11.8. The van der Waals surface area contributed by atoms with E-state index in [1.807, 2.05) is 31.2 Å². The topological polar surface area (TPSA) is 44.8 Å². The van der Waals surface area contributed by atoms with E-state index in [-0.39, 0.29) is 5.97 Å². The van der Waals surface area contributed by atoms with Crippen LogP contribution in [0.5, 0.6) is 11.5 Å². The maximum absolute atomic E-state index is 11.5. The molecule has 19 heavy (non-hydrogen) atoms. The van der Waals surface area contributed by atoms with Gasteiger partial charge in [0.1, 0.15) is 0 Å². The lowest BCUT2D eigenvalue weighted by atomic mass is 10.2. The summed E-state index contributed by atoms with van der Waals surface area (Å²) in [6, 6.07) is 5.53. The van der Waals surface area contributed by atoms with Gasteiger partial charge in [0.25, 0.3) is 0 Å². The summed E-state index contributed by atoms with van der Waals surface area (Å²) in [6.45, 7) is 5.69. The van der Waals surface area contributed by atoms with Crippen LogP contribution in [-0.4, -0.2) is 25.8 Å². The normalized spacial score (nSPS) is 12.2. The zero-order chi connectivity index (χ0) is 14.3. The van der Waals surface area contributed by atoms with E-state index in [0.29, 0.717) is 18.1 Å². The minimum Gasteiger partial charge on any atom is -0.493 e. The van der Waals surface area contributed by atoms with E-state index in [0.717, 1.165) is 5.56 Å². The van der Waals surface area contributed by atoms with Gasteiger partial charge in [-0.15, -0.1) is 0 Å². The van der Waals surface area contributed by atoms with Gasteiger partial charge >= 0.3 is 5.97 Å². The third-order valence-corrected chi connectivity index (χ3v) is 2.47. The summed E-state index contributed by atoms with van der Waals surface area (Å²) in [5.74, 6) is 0.727. The Labute approximate surface area is 114 Å². The van der Waals surface area contributed by atoms with Crippen LogP contribution in [0.15, 0.2) is 24.3 Å². The quantitative estimate of drug-likeness (QED) is 0.741. The molecule has 0 amide bonds. The Hall–Kier alpha value is -1.97. The third kappa shape index (κ3) is 4.32. The lowest BCUT2D eigenvalue weighted by molar-refractivity contribution is -0.150. The molecule has 4 heteroatoms. The minimum atomic E-state index is -0.665. The van der Waals surface area contributed by atoms with Crippen molar-refractivity contribution in [3.05, 3.63) is 29.8 Å². The molecule has 0 aliphatic carbocycles. The molecule has 0 N–H and O–H groups in total. The van der Waals surface area contributed by atoms with Crippen LogP contribution in [0.3, 0.4) is 0 Å². The molecule has 1 unspecified atom stereocenters. The third-order valence-electron chi connectivity index (χ3n) is 2.47. The van der Waals surface area contributed by atoms with Crippen molar-refractivity contribution < 1.29 is 19.0 Å². The van der Waals surface area contributed by atoms with Crippen LogP contribution in [0, 0.1) is 0 Å². The van der Waals surface area contributed by atoms with Gasteiger partial charge < -0.3 is 14.2 Å². The molecular formula is C15H20O4. The van der Waals surface area contributed by atoms with Crippen LogP contribution in [0.25, 0.3) is 6.08 Å². The molecular weight excluding hydrogens is 244 g/mol. The summed E-state index contributed by atoms with van der Waals surface area (Å²) in [5.41, 5.74) is 1.01. The van der Waals surface area contributed by atoms with Crippen molar-refractivity contribution in [1.29, 1.82) is 0 Å². The van der Waals surface area contributed by atoms with Crippen molar-refractivity contribution in [2.45, 2.75) is 26.9 Å². The van der Waals surface area contributed by atoms with E-state index >= 15 is 0 Å². The number of carbonyl (C=O) groups excluding carboxylic acids is 1. The van der Waals surface area contributed by atoms with E-state index in [1.165, 1.54) is 0 Å². The molecule has 1 aromatic rings. The molecule has 0 saturated carbocycles. The predicted molar refractivity (Wildman–Crippen MR) is 74.4 cm³/mol. The van der Waals surface area contributed by atoms with Crippen molar-refractivity contribution in [2.24, 2.45) is 0 Å². The number of carbonyl (C=O) groups is 1. The Bertz CT molecular complexity index is 451. The molecule has 1 rings (SSSR count). The maximum atomic E-state index is 11.5. The van der Waals surface area contributed by atoms with E-state index < -0.39 is 6.10 Å². The monoisotopic (exact) mass is 264 g/mol. The van der Waals surface area contributed by atoms with Gasteiger partial charge in [0.15, 0.2) is 17.6 Å². The molecule has 0 aliphatic heterocycles. The average molecular weight is 264 g/mol. The van der Waals surface area contributed by atoms with Crippen molar-refractivity contribution in [3.63, 3.8) is 0 Å². The smallest absolute Gasteiger partial charge is 0.347 e. The summed E-state index contributed by atoms with van der Waals surface area (Å²) in [5, 5.41) is 0. The number of rotatable bonds is 6. The first-order valence-corrected chi connectivity index (χ1v) is 6.26. The van der Waals surface area contributed by atoms with Gasteiger partial charge in [0.05, 0.1) is 13.7 Å². The predicted octanol–water partition coefficient (Wildman–Crippen LogP) is 3.06. The van der Waals surface area contributed by atoms with Crippen LogP contribution in [0.4, 0.5) is 0 Å². The summed E-state index contributed by atoms with van der Waals surface area (Å²) in [6.07, 6.45) is 3.24. The number of allylic oxidation sites excluding steroid dienone is 1. The Morgan fingerprint density at radius 3 is 2.68 bits per heavy atom. The van der Waals surface area contributed by atoms with Gasteiger partial charge in [-0.3, -0.25) is 0 Å². The SMILES string of the molecule is C/C=C/c1ccc(OC(C)C(=O)OCC)c(OC)c1. The van der Waals surface area contributed by atoms with Gasteiger partial charge in [-0.1, -0.05) is 18.2 Å².